The number of benzene rings is 2. The van der Waals surface area contributed by atoms with Crippen molar-refractivity contribution in [3.05, 3.63) is 59.0 Å². The van der Waals surface area contributed by atoms with Crippen LogP contribution in [0.5, 0.6) is 0 Å². The summed E-state index contributed by atoms with van der Waals surface area (Å²) in [5.41, 5.74) is 2.88. The van der Waals surface area contributed by atoms with Gasteiger partial charge in [0.15, 0.2) is 5.58 Å². The number of anilines is 1. The molecule has 1 N–H and O–H groups in total. The number of nitrogens with zero attached hydrogens (tertiary/aromatic N) is 2. The second-order valence-electron chi connectivity index (χ2n) is 7.53. The molecule has 1 aliphatic rings. The van der Waals surface area contributed by atoms with Crippen molar-refractivity contribution >= 4 is 27.8 Å². The van der Waals surface area contributed by atoms with E-state index in [1.54, 1.807) is 6.07 Å². The third-order valence-electron chi connectivity index (χ3n) is 5.17. The minimum Gasteiger partial charge on any atom is -0.436 e. The maximum atomic E-state index is 12.6. The van der Waals surface area contributed by atoms with Crippen LogP contribution in [-0.2, 0) is 0 Å². The lowest BCUT2D eigenvalue weighted by Crippen LogP contribution is -2.54. The van der Waals surface area contributed by atoms with Gasteiger partial charge in [-0.2, -0.15) is 0 Å². The molecule has 2 atom stereocenters. The van der Waals surface area contributed by atoms with Crippen molar-refractivity contribution < 1.29 is 8.83 Å². The second-order valence-corrected chi connectivity index (χ2v) is 7.53. The Balaban J connectivity index is 1.55. The zero-order valence-electron chi connectivity index (χ0n) is 15.8. The van der Waals surface area contributed by atoms with Gasteiger partial charge in [0.05, 0.1) is 0 Å². The Hall–Kier alpha value is -3.12. The summed E-state index contributed by atoms with van der Waals surface area (Å²) in [6.45, 7) is 6.19. The Bertz CT molecular complexity index is 1180. The van der Waals surface area contributed by atoms with E-state index in [1.807, 2.05) is 36.4 Å². The summed E-state index contributed by atoms with van der Waals surface area (Å²) < 4.78 is 11.4. The smallest absolute Gasteiger partial charge is 0.349 e. The molecule has 2 aromatic carbocycles. The molecule has 2 unspecified atom stereocenters. The summed E-state index contributed by atoms with van der Waals surface area (Å²) in [6, 6.07) is 16.1. The normalized spacial score (nSPS) is 20.1. The van der Waals surface area contributed by atoms with Crippen molar-refractivity contribution in [1.82, 2.24) is 10.3 Å². The molecule has 0 bridgehead atoms. The molecule has 1 fully saturated rings. The topological polar surface area (TPSA) is 71.5 Å². The van der Waals surface area contributed by atoms with E-state index in [2.05, 4.69) is 35.1 Å². The van der Waals surface area contributed by atoms with Crippen molar-refractivity contribution in [2.45, 2.75) is 25.9 Å². The van der Waals surface area contributed by atoms with Crippen LogP contribution in [-0.4, -0.2) is 30.2 Å². The molecule has 5 rings (SSSR count). The van der Waals surface area contributed by atoms with E-state index >= 15 is 0 Å². The highest BCUT2D eigenvalue weighted by atomic mass is 16.4. The van der Waals surface area contributed by atoms with E-state index < -0.39 is 5.63 Å². The average molecular weight is 375 g/mol. The fraction of sp³-hybridized carbons (Fsp3) is 0.273. The Morgan fingerprint density at radius 3 is 2.57 bits per heavy atom. The molecule has 0 spiro atoms. The van der Waals surface area contributed by atoms with E-state index in [-0.39, 0.29) is 5.89 Å². The van der Waals surface area contributed by atoms with E-state index in [9.17, 15) is 4.79 Å². The number of piperazine rings is 1. The number of rotatable bonds is 2. The molecular weight excluding hydrogens is 354 g/mol. The summed E-state index contributed by atoms with van der Waals surface area (Å²) in [7, 11) is 0. The van der Waals surface area contributed by atoms with E-state index in [0.717, 1.165) is 24.2 Å². The quantitative estimate of drug-likeness (QED) is 0.538. The number of fused-ring (bicyclic) bond motifs is 2. The van der Waals surface area contributed by atoms with Crippen LogP contribution in [0.1, 0.15) is 13.8 Å². The molecule has 28 heavy (non-hydrogen) atoms. The lowest BCUT2D eigenvalue weighted by Gasteiger charge is -2.37. The first-order valence-electron chi connectivity index (χ1n) is 9.52. The summed E-state index contributed by atoms with van der Waals surface area (Å²) in [5, 5.41) is 4.37. The van der Waals surface area contributed by atoms with Gasteiger partial charge in [-0.15, -0.1) is 0 Å². The van der Waals surface area contributed by atoms with Crippen LogP contribution in [0.25, 0.3) is 33.5 Å². The number of hydrogen-bond acceptors (Lipinski definition) is 6. The van der Waals surface area contributed by atoms with Crippen LogP contribution in [0.15, 0.2) is 62.2 Å². The maximum Gasteiger partial charge on any atom is 0.349 e. The van der Waals surface area contributed by atoms with Crippen molar-refractivity contribution in [1.29, 1.82) is 0 Å². The first-order valence-corrected chi connectivity index (χ1v) is 9.52. The Labute approximate surface area is 161 Å². The molecule has 6 heteroatoms. The minimum atomic E-state index is -0.446. The molecule has 4 aromatic rings. The van der Waals surface area contributed by atoms with Gasteiger partial charge >= 0.3 is 5.63 Å². The summed E-state index contributed by atoms with van der Waals surface area (Å²) in [4.78, 5) is 19.3. The zero-order chi connectivity index (χ0) is 19.3. The summed E-state index contributed by atoms with van der Waals surface area (Å²) in [5.74, 6) is 0.283. The third-order valence-corrected chi connectivity index (χ3v) is 5.17. The fourth-order valence-corrected chi connectivity index (χ4v) is 3.97. The van der Waals surface area contributed by atoms with E-state index in [0.29, 0.717) is 34.3 Å². The van der Waals surface area contributed by atoms with Gasteiger partial charge in [0.1, 0.15) is 16.7 Å². The van der Waals surface area contributed by atoms with Gasteiger partial charge in [-0.1, -0.05) is 12.1 Å². The molecular formula is C22H21N3O3. The van der Waals surface area contributed by atoms with Crippen molar-refractivity contribution in [2.24, 2.45) is 0 Å². The molecule has 0 amide bonds. The SMILES string of the molecule is CC1CN(c2ccc3cc(-c4nc5ccccc5o4)c(=O)oc3c2)CC(C)N1. The lowest BCUT2D eigenvalue weighted by atomic mass is 10.1. The minimum absolute atomic E-state index is 0.283. The monoisotopic (exact) mass is 375 g/mol. The molecule has 142 valence electrons. The zero-order valence-corrected chi connectivity index (χ0v) is 15.8. The van der Waals surface area contributed by atoms with Crippen LogP contribution in [0.2, 0.25) is 0 Å². The van der Waals surface area contributed by atoms with Crippen LogP contribution < -0.4 is 15.8 Å². The highest BCUT2D eigenvalue weighted by Gasteiger charge is 2.22. The van der Waals surface area contributed by atoms with Gasteiger partial charge in [0.2, 0.25) is 5.89 Å². The number of oxazole rings is 1. The molecule has 2 aromatic heterocycles. The molecule has 0 aliphatic carbocycles. The van der Waals surface area contributed by atoms with Crippen LogP contribution in [0, 0.1) is 0 Å². The Morgan fingerprint density at radius 2 is 1.79 bits per heavy atom. The van der Waals surface area contributed by atoms with Gasteiger partial charge in [-0.25, -0.2) is 9.78 Å². The third kappa shape index (κ3) is 2.96. The largest absolute Gasteiger partial charge is 0.436 e. The molecule has 0 radical (unpaired) electrons. The van der Waals surface area contributed by atoms with Gasteiger partial charge in [-0.05, 0) is 44.2 Å². The molecule has 0 saturated carbocycles. The summed E-state index contributed by atoms with van der Waals surface area (Å²) in [6.07, 6.45) is 0. The van der Waals surface area contributed by atoms with Gasteiger partial charge in [0.25, 0.3) is 0 Å². The molecule has 6 nitrogen and oxygen atoms in total. The summed E-state index contributed by atoms with van der Waals surface area (Å²) >= 11 is 0. The van der Waals surface area contributed by atoms with Crippen molar-refractivity contribution in [2.75, 3.05) is 18.0 Å². The second kappa shape index (κ2) is 6.49. The van der Waals surface area contributed by atoms with Crippen LogP contribution >= 0.6 is 0 Å². The van der Waals surface area contributed by atoms with E-state index in [4.69, 9.17) is 8.83 Å². The highest BCUT2D eigenvalue weighted by Crippen LogP contribution is 2.27. The predicted octanol–water partition coefficient (Wildman–Crippen LogP) is 3.79. The number of nitrogens with one attached hydrogen (secondary N) is 1. The van der Waals surface area contributed by atoms with Crippen LogP contribution in [0.3, 0.4) is 0 Å². The number of para-hydroxylation sites is 2. The molecule has 1 aliphatic heterocycles. The standard InChI is InChI=1S/C22H21N3O3/c1-13-11-25(12-14(2)23-13)16-8-7-15-9-17(22(26)28-20(15)10-16)21-24-18-5-3-4-6-19(18)27-21/h3-10,13-14,23H,11-12H2,1-2H3. The van der Waals surface area contributed by atoms with Gasteiger partial charge in [-0.3, -0.25) is 0 Å². The van der Waals surface area contributed by atoms with E-state index in [1.165, 1.54) is 0 Å². The van der Waals surface area contributed by atoms with Gasteiger partial charge in [0, 0.05) is 42.3 Å². The maximum absolute atomic E-state index is 12.6. The number of hydrogen-bond donors (Lipinski definition) is 1. The predicted molar refractivity (Wildman–Crippen MR) is 110 cm³/mol. The van der Waals surface area contributed by atoms with Crippen LogP contribution in [0.4, 0.5) is 5.69 Å². The first-order chi connectivity index (χ1) is 13.6. The van der Waals surface area contributed by atoms with Crippen molar-refractivity contribution in [3.63, 3.8) is 0 Å². The Kier molecular flexibility index (Phi) is 3.94. The molecule has 1 saturated heterocycles. The van der Waals surface area contributed by atoms with Crippen molar-refractivity contribution in [3.8, 4) is 11.5 Å². The number of aromatic nitrogens is 1. The molecule has 3 heterocycles. The lowest BCUT2D eigenvalue weighted by molar-refractivity contribution is 0.407. The Morgan fingerprint density at radius 1 is 1.00 bits per heavy atom. The average Bonchev–Trinajstić information content (AvgIpc) is 3.10. The fourth-order valence-electron chi connectivity index (χ4n) is 3.97. The first kappa shape index (κ1) is 17.0. The highest BCUT2D eigenvalue weighted by molar-refractivity contribution is 5.84. The van der Waals surface area contributed by atoms with Gasteiger partial charge < -0.3 is 19.1 Å².